The smallest absolute Gasteiger partial charge is 0.0332 e. The number of nitrogens with zero attached hydrogens (tertiary/aromatic N) is 2. The number of piperazine rings is 1. The molecule has 0 spiro atoms. The zero-order valence-electron chi connectivity index (χ0n) is 13.1. The summed E-state index contributed by atoms with van der Waals surface area (Å²) in [5, 5.41) is 0. The molecule has 3 heteroatoms. The molecule has 0 aromatic heterocycles. The summed E-state index contributed by atoms with van der Waals surface area (Å²) >= 11 is 0. The van der Waals surface area contributed by atoms with Gasteiger partial charge >= 0.3 is 0 Å². The first-order valence-electron chi connectivity index (χ1n) is 7.64. The fourth-order valence-corrected chi connectivity index (χ4v) is 3.13. The van der Waals surface area contributed by atoms with Crippen LogP contribution in [0, 0.1) is 5.92 Å². The van der Waals surface area contributed by atoms with Crippen molar-refractivity contribution in [3.05, 3.63) is 0 Å². The number of likely N-dealkylation sites (N-methyl/N-ethyl adjacent to an activating group) is 1. The molecule has 18 heavy (non-hydrogen) atoms. The third kappa shape index (κ3) is 3.46. The summed E-state index contributed by atoms with van der Waals surface area (Å²) in [7, 11) is 2.23. The van der Waals surface area contributed by atoms with Gasteiger partial charge in [0.15, 0.2) is 0 Å². The highest BCUT2D eigenvalue weighted by molar-refractivity contribution is 4.95. The lowest BCUT2D eigenvalue weighted by molar-refractivity contribution is 0.00308. The fraction of sp³-hybridized carbons (Fsp3) is 1.00. The summed E-state index contributed by atoms with van der Waals surface area (Å²) in [6.07, 6.45) is 3.67. The molecule has 0 saturated carbocycles. The summed E-state index contributed by atoms with van der Waals surface area (Å²) in [6.45, 7) is 13.6. The largest absolute Gasteiger partial charge is 0.329 e. The molecule has 1 aliphatic rings. The minimum absolute atomic E-state index is 0.227. The molecule has 0 radical (unpaired) electrons. The molecule has 0 amide bonds. The Morgan fingerprint density at radius 1 is 1.33 bits per heavy atom. The van der Waals surface area contributed by atoms with Crippen LogP contribution in [0.4, 0.5) is 0 Å². The Balaban J connectivity index is 2.77. The van der Waals surface area contributed by atoms with Gasteiger partial charge in [0.05, 0.1) is 0 Å². The van der Waals surface area contributed by atoms with Gasteiger partial charge in [0.25, 0.3) is 0 Å². The highest BCUT2D eigenvalue weighted by atomic mass is 15.3. The van der Waals surface area contributed by atoms with Crippen molar-refractivity contribution in [2.75, 3.05) is 33.2 Å². The average molecular weight is 255 g/mol. The highest BCUT2D eigenvalue weighted by Gasteiger charge is 2.37. The van der Waals surface area contributed by atoms with E-state index in [0.717, 1.165) is 19.0 Å². The van der Waals surface area contributed by atoms with Crippen LogP contribution in [0.15, 0.2) is 0 Å². The van der Waals surface area contributed by atoms with Gasteiger partial charge in [-0.25, -0.2) is 0 Å². The van der Waals surface area contributed by atoms with Crippen LogP contribution in [0.2, 0.25) is 0 Å². The Bertz CT molecular complexity index is 238. The number of nitrogens with two attached hydrogens (primary N) is 1. The summed E-state index contributed by atoms with van der Waals surface area (Å²) in [4.78, 5) is 5.13. The lowest BCUT2D eigenvalue weighted by Crippen LogP contribution is -2.62. The van der Waals surface area contributed by atoms with E-state index in [1.54, 1.807) is 0 Å². The molecule has 1 heterocycles. The molecule has 108 valence electrons. The molecule has 0 bridgehead atoms. The van der Waals surface area contributed by atoms with Crippen molar-refractivity contribution >= 4 is 0 Å². The van der Waals surface area contributed by atoms with Crippen molar-refractivity contribution in [2.45, 2.75) is 58.5 Å². The number of hydrogen-bond donors (Lipinski definition) is 1. The standard InChI is InChI=1S/C15H33N3/c1-6-13(3)10-15(7-2,12-16)18-9-8-17(5)14(4)11-18/h13-14H,6-12,16H2,1-5H3. The van der Waals surface area contributed by atoms with E-state index < -0.39 is 0 Å². The molecule has 1 aliphatic heterocycles. The first kappa shape index (κ1) is 15.9. The van der Waals surface area contributed by atoms with Crippen molar-refractivity contribution in [2.24, 2.45) is 11.7 Å². The zero-order valence-corrected chi connectivity index (χ0v) is 13.1. The first-order valence-corrected chi connectivity index (χ1v) is 7.64. The van der Waals surface area contributed by atoms with Crippen LogP contribution in [0.3, 0.4) is 0 Å². The summed E-state index contributed by atoms with van der Waals surface area (Å²) in [6, 6.07) is 0.646. The number of hydrogen-bond acceptors (Lipinski definition) is 3. The molecule has 3 unspecified atom stereocenters. The normalized spacial score (nSPS) is 28.0. The molecule has 1 saturated heterocycles. The van der Waals surface area contributed by atoms with E-state index in [2.05, 4.69) is 44.5 Å². The van der Waals surface area contributed by atoms with Crippen LogP contribution in [-0.4, -0.2) is 54.6 Å². The predicted molar refractivity (Wildman–Crippen MR) is 79.8 cm³/mol. The van der Waals surface area contributed by atoms with Gasteiger partial charge in [-0.1, -0.05) is 27.2 Å². The molecule has 0 aromatic rings. The molecule has 2 N–H and O–H groups in total. The molecule has 3 atom stereocenters. The molecule has 1 rings (SSSR count). The summed E-state index contributed by atoms with van der Waals surface area (Å²) in [5.74, 6) is 0.767. The first-order chi connectivity index (χ1) is 8.49. The Hall–Kier alpha value is -0.120. The summed E-state index contributed by atoms with van der Waals surface area (Å²) < 4.78 is 0. The maximum Gasteiger partial charge on any atom is 0.0332 e. The van der Waals surface area contributed by atoms with Crippen molar-refractivity contribution in [1.29, 1.82) is 0 Å². The zero-order chi connectivity index (χ0) is 13.8. The molecular weight excluding hydrogens is 222 g/mol. The SMILES string of the molecule is CCC(C)CC(CC)(CN)N1CCN(C)C(C)C1. The molecule has 3 nitrogen and oxygen atoms in total. The third-order valence-electron chi connectivity index (χ3n) is 5.09. The average Bonchev–Trinajstić information content (AvgIpc) is 2.39. The number of rotatable bonds is 6. The quantitative estimate of drug-likeness (QED) is 0.789. The van der Waals surface area contributed by atoms with E-state index in [9.17, 15) is 0 Å². The van der Waals surface area contributed by atoms with Gasteiger partial charge < -0.3 is 10.6 Å². The van der Waals surface area contributed by atoms with Crippen LogP contribution in [0.1, 0.15) is 47.0 Å². The van der Waals surface area contributed by atoms with Gasteiger partial charge in [-0.05, 0) is 32.7 Å². The Morgan fingerprint density at radius 2 is 2.00 bits per heavy atom. The predicted octanol–water partition coefficient (Wildman–Crippen LogP) is 2.17. The van der Waals surface area contributed by atoms with E-state index in [0.29, 0.717) is 6.04 Å². The lowest BCUT2D eigenvalue weighted by atomic mass is 9.82. The molecule has 0 aliphatic carbocycles. The monoisotopic (exact) mass is 255 g/mol. The van der Waals surface area contributed by atoms with Crippen LogP contribution >= 0.6 is 0 Å². The minimum atomic E-state index is 0.227. The Kier molecular flexibility index (Phi) is 6.09. The molecule has 1 fully saturated rings. The van der Waals surface area contributed by atoms with Gasteiger partial charge in [-0.15, -0.1) is 0 Å². The van der Waals surface area contributed by atoms with Crippen molar-refractivity contribution in [1.82, 2.24) is 9.80 Å². The minimum Gasteiger partial charge on any atom is -0.329 e. The molecule has 0 aromatic carbocycles. The van der Waals surface area contributed by atoms with Gasteiger partial charge in [0.1, 0.15) is 0 Å². The van der Waals surface area contributed by atoms with Gasteiger partial charge in [0.2, 0.25) is 0 Å². The second kappa shape index (κ2) is 6.88. The van der Waals surface area contributed by atoms with Crippen LogP contribution < -0.4 is 5.73 Å². The van der Waals surface area contributed by atoms with Crippen LogP contribution in [-0.2, 0) is 0 Å². The van der Waals surface area contributed by atoms with Gasteiger partial charge in [-0.3, -0.25) is 4.90 Å². The second-order valence-electron chi connectivity index (χ2n) is 6.28. The van der Waals surface area contributed by atoms with E-state index in [4.69, 9.17) is 5.73 Å². The van der Waals surface area contributed by atoms with Crippen LogP contribution in [0.5, 0.6) is 0 Å². The van der Waals surface area contributed by atoms with Gasteiger partial charge in [0, 0.05) is 37.8 Å². The fourth-order valence-electron chi connectivity index (χ4n) is 3.13. The third-order valence-corrected chi connectivity index (χ3v) is 5.09. The van der Waals surface area contributed by atoms with E-state index in [-0.39, 0.29) is 5.54 Å². The van der Waals surface area contributed by atoms with Crippen molar-refractivity contribution in [3.63, 3.8) is 0 Å². The Morgan fingerprint density at radius 3 is 2.44 bits per heavy atom. The maximum atomic E-state index is 6.18. The Labute approximate surface area is 114 Å². The maximum absolute atomic E-state index is 6.18. The van der Waals surface area contributed by atoms with Crippen molar-refractivity contribution in [3.8, 4) is 0 Å². The summed E-state index contributed by atoms with van der Waals surface area (Å²) in [5.41, 5.74) is 6.40. The van der Waals surface area contributed by atoms with Gasteiger partial charge in [-0.2, -0.15) is 0 Å². The second-order valence-corrected chi connectivity index (χ2v) is 6.28. The van der Waals surface area contributed by atoms with E-state index in [1.165, 1.54) is 32.4 Å². The van der Waals surface area contributed by atoms with E-state index in [1.807, 2.05) is 0 Å². The van der Waals surface area contributed by atoms with Crippen molar-refractivity contribution < 1.29 is 0 Å². The van der Waals surface area contributed by atoms with E-state index >= 15 is 0 Å². The topological polar surface area (TPSA) is 32.5 Å². The molecular formula is C15H33N3. The lowest BCUT2D eigenvalue weighted by Gasteiger charge is -2.50. The highest BCUT2D eigenvalue weighted by Crippen LogP contribution is 2.30. The van der Waals surface area contributed by atoms with Crippen LogP contribution in [0.25, 0.3) is 0 Å².